The second-order valence-electron chi connectivity index (χ2n) is 5.79. The number of thiazole rings is 1. The zero-order valence-corrected chi connectivity index (χ0v) is 16.6. The molecule has 1 amide bonds. The van der Waals surface area contributed by atoms with E-state index in [0.717, 1.165) is 21.5 Å². The summed E-state index contributed by atoms with van der Waals surface area (Å²) in [6.07, 6.45) is 1.60. The number of nitrogens with zero attached hydrogens (tertiary/aromatic N) is 3. The first-order valence-corrected chi connectivity index (χ1v) is 10.3. The average molecular weight is 412 g/mol. The maximum Gasteiger partial charge on any atom is 0.244 e. The summed E-state index contributed by atoms with van der Waals surface area (Å²) in [5.41, 5.74) is 1.71. The molecule has 2 aromatic carbocycles. The summed E-state index contributed by atoms with van der Waals surface area (Å²) < 4.78 is 6.49. The van der Waals surface area contributed by atoms with Crippen LogP contribution >= 0.6 is 23.1 Å². The first-order chi connectivity index (χ1) is 13.7. The summed E-state index contributed by atoms with van der Waals surface area (Å²) in [5.74, 6) is 0.628. The fraction of sp³-hybridized carbons (Fsp3) is 0.158. The zero-order chi connectivity index (χ0) is 19.3. The third-order valence-electron chi connectivity index (χ3n) is 3.87. The highest BCUT2D eigenvalue weighted by molar-refractivity contribution is 8.00. The Hall–Kier alpha value is -2.91. The van der Waals surface area contributed by atoms with Gasteiger partial charge in [0.05, 0.1) is 23.0 Å². The monoisotopic (exact) mass is 411 g/mol. The van der Waals surface area contributed by atoms with Crippen LogP contribution in [0.3, 0.4) is 0 Å². The van der Waals surface area contributed by atoms with Crippen molar-refractivity contribution in [1.29, 1.82) is 0 Å². The van der Waals surface area contributed by atoms with E-state index < -0.39 is 5.25 Å². The summed E-state index contributed by atoms with van der Waals surface area (Å²) >= 11 is 2.75. The van der Waals surface area contributed by atoms with Crippen molar-refractivity contribution in [3.05, 3.63) is 60.3 Å². The van der Waals surface area contributed by atoms with Gasteiger partial charge in [0, 0.05) is 0 Å². The molecule has 0 aliphatic carbocycles. The van der Waals surface area contributed by atoms with E-state index in [-0.39, 0.29) is 5.91 Å². The number of ether oxygens (including phenoxy) is 1. The van der Waals surface area contributed by atoms with Crippen LogP contribution < -0.4 is 10.1 Å². The molecule has 0 bridgehead atoms. The van der Waals surface area contributed by atoms with Gasteiger partial charge in [0.1, 0.15) is 16.0 Å². The molecule has 2 heterocycles. The van der Waals surface area contributed by atoms with Crippen LogP contribution in [0, 0.1) is 0 Å². The van der Waals surface area contributed by atoms with Gasteiger partial charge < -0.3 is 10.1 Å². The molecule has 0 spiro atoms. The van der Waals surface area contributed by atoms with Crippen LogP contribution in [0.4, 0.5) is 5.13 Å². The standard InChI is InChI=1S/C19H17N5O2S2/c1-2-26-13-8-9-14-15(10-13)27-19(21-14)22-18(25)17(12-6-4-3-5-7-12)28-16-11-20-24-23-16/h3-11,17H,2H2,1H3,(H,20,23,24)(H,21,22,25). The molecule has 0 aliphatic rings. The lowest BCUT2D eigenvalue weighted by molar-refractivity contribution is -0.115. The number of hydrogen-bond donors (Lipinski definition) is 2. The Morgan fingerprint density at radius 3 is 2.89 bits per heavy atom. The number of carbonyl (C=O) groups is 1. The van der Waals surface area contributed by atoms with E-state index in [1.807, 2.05) is 55.5 Å². The van der Waals surface area contributed by atoms with Gasteiger partial charge in [-0.3, -0.25) is 4.79 Å². The number of amides is 1. The van der Waals surface area contributed by atoms with Crippen molar-refractivity contribution in [2.24, 2.45) is 0 Å². The molecule has 4 rings (SSSR count). The van der Waals surface area contributed by atoms with Crippen LogP contribution in [0.5, 0.6) is 5.75 Å². The number of carbonyl (C=O) groups excluding carboxylic acids is 1. The number of hydrogen-bond acceptors (Lipinski definition) is 7. The van der Waals surface area contributed by atoms with Gasteiger partial charge in [-0.25, -0.2) is 4.98 Å². The quantitative estimate of drug-likeness (QED) is 0.441. The molecular weight excluding hydrogens is 394 g/mol. The lowest BCUT2D eigenvalue weighted by atomic mass is 10.1. The van der Waals surface area contributed by atoms with E-state index in [4.69, 9.17) is 4.74 Å². The maximum atomic E-state index is 13.0. The average Bonchev–Trinajstić information content (AvgIpc) is 3.35. The third-order valence-corrected chi connectivity index (χ3v) is 5.97. The Morgan fingerprint density at radius 2 is 2.14 bits per heavy atom. The van der Waals surface area contributed by atoms with Crippen LogP contribution in [0.1, 0.15) is 17.7 Å². The maximum absolute atomic E-state index is 13.0. The van der Waals surface area contributed by atoms with Crippen molar-refractivity contribution in [2.75, 3.05) is 11.9 Å². The largest absolute Gasteiger partial charge is 0.494 e. The molecular formula is C19H17N5O2S2. The minimum Gasteiger partial charge on any atom is -0.494 e. The summed E-state index contributed by atoms with van der Waals surface area (Å²) in [6, 6.07) is 15.3. The fourth-order valence-corrected chi connectivity index (χ4v) is 4.46. The number of thioether (sulfide) groups is 1. The van der Waals surface area contributed by atoms with E-state index >= 15 is 0 Å². The van der Waals surface area contributed by atoms with E-state index in [1.54, 1.807) is 6.20 Å². The molecule has 0 fully saturated rings. The molecule has 142 valence electrons. The molecule has 0 radical (unpaired) electrons. The molecule has 2 aromatic heterocycles. The number of aromatic amines is 1. The third kappa shape index (κ3) is 4.15. The predicted molar refractivity (Wildman–Crippen MR) is 111 cm³/mol. The fourth-order valence-electron chi connectivity index (χ4n) is 2.66. The summed E-state index contributed by atoms with van der Waals surface area (Å²) in [4.78, 5) is 17.6. The lowest BCUT2D eigenvalue weighted by Gasteiger charge is -2.14. The Bertz CT molecular complexity index is 1070. The van der Waals surface area contributed by atoms with Crippen molar-refractivity contribution >= 4 is 44.4 Å². The van der Waals surface area contributed by atoms with Gasteiger partial charge in [-0.1, -0.05) is 53.4 Å². The second-order valence-corrected chi connectivity index (χ2v) is 7.94. The van der Waals surface area contributed by atoms with Gasteiger partial charge in [-0.15, -0.1) is 5.10 Å². The van der Waals surface area contributed by atoms with E-state index in [0.29, 0.717) is 16.8 Å². The Morgan fingerprint density at radius 1 is 1.29 bits per heavy atom. The highest BCUT2D eigenvalue weighted by Crippen LogP contribution is 2.36. The van der Waals surface area contributed by atoms with Crippen LogP contribution in [0.15, 0.2) is 59.8 Å². The van der Waals surface area contributed by atoms with Crippen LogP contribution in [-0.4, -0.2) is 32.9 Å². The highest BCUT2D eigenvalue weighted by atomic mass is 32.2. The summed E-state index contributed by atoms with van der Waals surface area (Å²) in [6.45, 7) is 2.55. The molecule has 1 unspecified atom stereocenters. The van der Waals surface area contributed by atoms with Gasteiger partial charge in [-0.05, 0) is 30.7 Å². The van der Waals surface area contributed by atoms with Crippen molar-refractivity contribution in [3.8, 4) is 5.75 Å². The van der Waals surface area contributed by atoms with E-state index in [1.165, 1.54) is 23.1 Å². The SMILES string of the molecule is CCOc1ccc2nc(NC(=O)C(Sc3cn[nH]n3)c3ccccc3)sc2c1. The summed E-state index contributed by atoms with van der Waals surface area (Å²) in [7, 11) is 0. The number of nitrogens with one attached hydrogen (secondary N) is 2. The van der Waals surface area contributed by atoms with Crippen LogP contribution in [0.25, 0.3) is 10.2 Å². The molecule has 0 saturated carbocycles. The molecule has 2 N–H and O–H groups in total. The molecule has 4 aromatic rings. The predicted octanol–water partition coefficient (Wildman–Crippen LogP) is 4.29. The van der Waals surface area contributed by atoms with Gasteiger partial charge in [0.2, 0.25) is 5.91 Å². The van der Waals surface area contributed by atoms with Gasteiger partial charge >= 0.3 is 0 Å². The van der Waals surface area contributed by atoms with Crippen LogP contribution in [0.2, 0.25) is 0 Å². The first-order valence-electron chi connectivity index (χ1n) is 8.64. The van der Waals surface area contributed by atoms with Crippen molar-refractivity contribution in [2.45, 2.75) is 17.2 Å². The van der Waals surface area contributed by atoms with Crippen molar-refractivity contribution in [3.63, 3.8) is 0 Å². The number of rotatable bonds is 7. The van der Waals surface area contributed by atoms with Crippen molar-refractivity contribution in [1.82, 2.24) is 20.4 Å². The lowest BCUT2D eigenvalue weighted by Crippen LogP contribution is -2.18. The number of fused-ring (bicyclic) bond motifs is 1. The normalized spacial score (nSPS) is 12.0. The van der Waals surface area contributed by atoms with Gasteiger partial charge in [0.25, 0.3) is 0 Å². The molecule has 28 heavy (non-hydrogen) atoms. The highest BCUT2D eigenvalue weighted by Gasteiger charge is 2.24. The Kier molecular flexibility index (Phi) is 5.54. The Labute approximate surface area is 169 Å². The summed E-state index contributed by atoms with van der Waals surface area (Å²) in [5, 5.41) is 14.1. The van der Waals surface area contributed by atoms with E-state index in [2.05, 4.69) is 25.7 Å². The minimum atomic E-state index is -0.475. The topological polar surface area (TPSA) is 92.8 Å². The number of H-pyrrole nitrogens is 1. The van der Waals surface area contributed by atoms with Crippen molar-refractivity contribution < 1.29 is 9.53 Å². The molecule has 1 atom stereocenters. The Balaban J connectivity index is 1.57. The number of aromatic nitrogens is 4. The number of anilines is 1. The molecule has 0 saturated heterocycles. The number of benzene rings is 2. The molecule has 7 nitrogen and oxygen atoms in total. The molecule has 0 aliphatic heterocycles. The minimum absolute atomic E-state index is 0.164. The smallest absolute Gasteiger partial charge is 0.244 e. The first kappa shape index (κ1) is 18.5. The van der Waals surface area contributed by atoms with Gasteiger partial charge in [0.15, 0.2) is 5.13 Å². The zero-order valence-electron chi connectivity index (χ0n) is 15.0. The second kappa shape index (κ2) is 8.41. The van der Waals surface area contributed by atoms with Gasteiger partial charge in [-0.2, -0.15) is 10.3 Å². The molecule has 9 heteroatoms. The van der Waals surface area contributed by atoms with E-state index in [9.17, 15) is 4.79 Å². The van der Waals surface area contributed by atoms with Crippen LogP contribution in [-0.2, 0) is 4.79 Å².